The second kappa shape index (κ2) is 4.69. The molecular weight excluding hydrogens is 286 g/mol. The predicted molar refractivity (Wildman–Crippen MR) is 75.1 cm³/mol. The molecule has 0 bridgehead atoms. The average molecular weight is 305 g/mol. The van der Waals surface area contributed by atoms with Crippen LogP contribution in [0.5, 0.6) is 0 Å². The summed E-state index contributed by atoms with van der Waals surface area (Å²) >= 11 is 0.762. The molecule has 0 atom stereocenters. The first kappa shape index (κ1) is 14.7. The number of aryl methyl sites for hydroxylation is 1. The summed E-state index contributed by atoms with van der Waals surface area (Å²) in [6.45, 7) is 7.21. The van der Waals surface area contributed by atoms with Crippen LogP contribution >= 0.6 is 11.3 Å². The van der Waals surface area contributed by atoms with E-state index >= 15 is 0 Å². The number of thiazole rings is 1. The summed E-state index contributed by atoms with van der Waals surface area (Å²) in [7, 11) is -1.58. The quantitative estimate of drug-likeness (QED) is 0.861. The lowest BCUT2D eigenvalue weighted by molar-refractivity contribution is 0.0802. The Morgan fingerprint density at radius 1 is 1.32 bits per heavy atom. The number of sulfonamides is 1. The average Bonchev–Trinajstić information content (AvgIpc) is 2.62. The third-order valence-corrected chi connectivity index (χ3v) is 7.06. The lowest BCUT2D eigenvalue weighted by Crippen LogP contribution is -2.58. The third kappa shape index (κ3) is 2.62. The normalized spacial score (nSPS) is 21.7. The lowest BCUT2D eigenvalue weighted by Gasteiger charge is -2.44. The highest BCUT2D eigenvalue weighted by atomic mass is 32.2. The molecule has 1 aromatic heterocycles. The van der Waals surface area contributed by atoms with Crippen molar-refractivity contribution in [2.45, 2.75) is 30.5 Å². The van der Waals surface area contributed by atoms with Gasteiger partial charge in [0.1, 0.15) is 0 Å². The van der Waals surface area contributed by atoms with E-state index in [1.54, 1.807) is 6.92 Å². The van der Waals surface area contributed by atoms with Crippen LogP contribution in [-0.4, -0.2) is 54.8 Å². The first-order valence-electron chi connectivity index (χ1n) is 6.06. The van der Waals surface area contributed by atoms with Crippen LogP contribution < -0.4 is 4.87 Å². The molecule has 8 heteroatoms. The Morgan fingerprint density at radius 3 is 2.42 bits per heavy atom. The molecular formula is C11H19N3O3S2. The van der Waals surface area contributed by atoms with Gasteiger partial charge in [0.05, 0.1) is 0 Å². The van der Waals surface area contributed by atoms with Gasteiger partial charge in [0, 0.05) is 30.9 Å². The van der Waals surface area contributed by atoms with E-state index in [2.05, 4.69) is 9.88 Å². The number of piperazine rings is 1. The Hall–Kier alpha value is -0.700. The number of aromatic nitrogens is 1. The van der Waals surface area contributed by atoms with Crippen molar-refractivity contribution >= 4 is 21.4 Å². The minimum Gasteiger partial charge on any atom is -0.315 e. The van der Waals surface area contributed by atoms with Gasteiger partial charge >= 0.3 is 4.87 Å². The van der Waals surface area contributed by atoms with Crippen molar-refractivity contribution in [3.63, 3.8) is 0 Å². The molecule has 0 aliphatic carbocycles. The van der Waals surface area contributed by atoms with Crippen molar-refractivity contribution in [2.75, 3.05) is 26.7 Å². The van der Waals surface area contributed by atoms with Gasteiger partial charge in [-0.1, -0.05) is 11.3 Å². The molecule has 19 heavy (non-hydrogen) atoms. The van der Waals surface area contributed by atoms with Crippen LogP contribution in [0.1, 0.15) is 19.5 Å². The van der Waals surface area contributed by atoms with Gasteiger partial charge in [-0.05, 0) is 27.8 Å². The van der Waals surface area contributed by atoms with Gasteiger partial charge < -0.3 is 4.98 Å². The van der Waals surface area contributed by atoms with Gasteiger partial charge in [-0.25, -0.2) is 8.42 Å². The summed E-state index contributed by atoms with van der Waals surface area (Å²) in [5.74, 6) is 0. The van der Waals surface area contributed by atoms with Crippen LogP contribution in [0, 0.1) is 6.92 Å². The standard InChI is InChI=1S/C11H19N3O3S2/c1-8-9(18-10(15)12-8)19(16,17)14-6-5-13(4)11(2,3)7-14/h5-7H2,1-4H3,(H,12,15). The van der Waals surface area contributed by atoms with Gasteiger partial charge in [-0.2, -0.15) is 4.31 Å². The summed E-state index contributed by atoms with van der Waals surface area (Å²) in [4.78, 5) is 15.6. The van der Waals surface area contributed by atoms with E-state index in [0.717, 1.165) is 11.3 Å². The van der Waals surface area contributed by atoms with Crippen molar-refractivity contribution in [2.24, 2.45) is 0 Å². The van der Waals surface area contributed by atoms with Crippen molar-refractivity contribution in [1.82, 2.24) is 14.2 Å². The molecule has 0 amide bonds. The van der Waals surface area contributed by atoms with Crippen LogP contribution in [0.2, 0.25) is 0 Å². The van der Waals surface area contributed by atoms with Crippen molar-refractivity contribution in [3.8, 4) is 0 Å². The molecule has 0 spiro atoms. The first-order chi connectivity index (χ1) is 8.64. The van der Waals surface area contributed by atoms with E-state index in [-0.39, 0.29) is 14.6 Å². The maximum absolute atomic E-state index is 12.6. The molecule has 1 saturated heterocycles. The molecule has 1 aliphatic heterocycles. The minimum atomic E-state index is -3.57. The predicted octanol–water partition coefficient (Wildman–Crippen LogP) is 0.460. The van der Waals surface area contributed by atoms with Crippen LogP contribution in [0.15, 0.2) is 9.00 Å². The maximum Gasteiger partial charge on any atom is 0.305 e. The van der Waals surface area contributed by atoms with E-state index in [4.69, 9.17) is 0 Å². The number of hydrogen-bond acceptors (Lipinski definition) is 5. The molecule has 1 aromatic rings. The number of nitrogens with one attached hydrogen (secondary N) is 1. The number of hydrogen-bond donors (Lipinski definition) is 1. The van der Waals surface area contributed by atoms with Gasteiger partial charge in [-0.15, -0.1) is 0 Å². The molecule has 1 fully saturated rings. The highest BCUT2D eigenvalue weighted by molar-refractivity contribution is 7.91. The number of H-pyrrole nitrogens is 1. The number of likely N-dealkylation sites (N-methyl/N-ethyl adjacent to an activating group) is 1. The zero-order valence-electron chi connectivity index (χ0n) is 11.6. The molecule has 6 nitrogen and oxygen atoms in total. The summed E-state index contributed by atoms with van der Waals surface area (Å²) in [5.41, 5.74) is 0.215. The highest BCUT2D eigenvalue weighted by Crippen LogP contribution is 2.27. The smallest absolute Gasteiger partial charge is 0.305 e. The van der Waals surface area contributed by atoms with Crippen molar-refractivity contribution in [3.05, 3.63) is 15.4 Å². The molecule has 1 aliphatic rings. The van der Waals surface area contributed by atoms with E-state index in [1.807, 2.05) is 20.9 Å². The SMILES string of the molecule is Cc1[nH]c(=O)sc1S(=O)(=O)N1CCN(C)C(C)(C)C1. The molecule has 1 N–H and O–H groups in total. The number of rotatable bonds is 2. The van der Waals surface area contributed by atoms with Gasteiger partial charge in [-0.3, -0.25) is 9.69 Å². The Morgan fingerprint density at radius 2 is 1.95 bits per heavy atom. The Labute approximate surface area is 117 Å². The largest absolute Gasteiger partial charge is 0.315 e. The molecule has 0 aromatic carbocycles. The Kier molecular flexibility index (Phi) is 3.63. The lowest BCUT2D eigenvalue weighted by atomic mass is 10.0. The molecule has 2 heterocycles. The second-order valence-corrected chi connectivity index (χ2v) is 8.62. The van der Waals surface area contributed by atoms with Gasteiger partial charge in [0.15, 0.2) is 4.21 Å². The fourth-order valence-electron chi connectivity index (χ4n) is 2.15. The molecule has 0 radical (unpaired) electrons. The van der Waals surface area contributed by atoms with Gasteiger partial charge in [0.25, 0.3) is 10.0 Å². The summed E-state index contributed by atoms with van der Waals surface area (Å²) in [6, 6.07) is 0. The summed E-state index contributed by atoms with van der Waals surface area (Å²) < 4.78 is 26.8. The first-order valence-corrected chi connectivity index (χ1v) is 8.31. The van der Waals surface area contributed by atoms with E-state index in [0.29, 0.717) is 25.3 Å². The zero-order valence-corrected chi connectivity index (χ0v) is 13.2. The van der Waals surface area contributed by atoms with Crippen LogP contribution in [-0.2, 0) is 10.0 Å². The van der Waals surface area contributed by atoms with Crippen LogP contribution in [0.3, 0.4) is 0 Å². The summed E-state index contributed by atoms with van der Waals surface area (Å²) in [6.07, 6.45) is 0. The van der Waals surface area contributed by atoms with Crippen molar-refractivity contribution < 1.29 is 8.42 Å². The second-order valence-electron chi connectivity index (χ2n) is 5.50. The number of nitrogens with zero attached hydrogens (tertiary/aromatic N) is 2. The van der Waals surface area contributed by atoms with Crippen LogP contribution in [0.25, 0.3) is 0 Å². The molecule has 0 saturated carbocycles. The topological polar surface area (TPSA) is 73.5 Å². The molecule has 0 unspecified atom stereocenters. The van der Waals surface area contributed by atoms with Crippen LogP contribution in [0.4, 0.5) is 0 Å². The van der Waals surface area contributed by atoms with Crippen molar-refractivity contribution in [1.29, 1.82) is 0 Å². The van der Waals surface area contributed by atoms with Gasteiger partial charge in [0.2, 0.25) is 0 Å². The molecule has 2 rings (SSSR count). The fourth-order valence-corrected chi connectivity index (χ4v) is 5.18. The fraction of sp³-hybridized carbons (Fsp3) is 0.727. The highest BCUT2D eigenvalue weighted by Gasteiger charge is 2.38. The Balaban J connectivity index is 2.36. The van der Waals surface area contributed by atoms with E-state index in [1.165, 1.54) is 4.31 Å². The third-order valence-electron chi connectivity index (χ3n) is 3.64. The van der Waals surface area contributed by atoms with E-state index in [9.17, 15) is 13.2 Å². The zero-order chi connectivity index (χ0) is 14.4. The number of aromatic amines is 1. The Bertz CT molecular complexity index is 630. The summed E-state index contributed by atoms with van der Waals surface area (Å²) in [5, 5.41) is 0. The van der Waals surface area contributed by atoms with E-state index < -0.39 is 10.0 Å². The monoisotopic (exact) mass is 305 g/mol. The maximum atomic E-state index is 12.6. The minimum absolute atomic E-state index is 0.137. The molecule has 108 valence electrons.